The molecule has 8 nitrogen and oxygen atoms in total. The molecule has 9 heteroatoms. The van der Waals surface area contributed by atoms with Crippen LogP contribution in [0.15, 0.2) is 60.7 Å². The second-order valence-corrected chi connectivity index (χ2v) is 6.30. The van der Waals surface area contributed by atoms with Gasteiger partial charge in [-0.1, -0.05) is 35.9 Å². The first kappa shape index (κ1) is 20.1. The number of hydrogen-bond acceptors (Lipinski definition) is 6. The van der Waals surface area contributed by atoms with E-state index < -0.39 is 23.4 Å². The molecule has 0 aliphatic carbocycles. The van der Waals surface area contributed by atoms with Gasteiger partial charge in [-0.3, -0.25) is 14.9 Å². The number of esters is 1. The molecule has 0 spiro atoms. The number of carbonyl (C=O) groups excluding carboxylic acids is 2. The maximum absolute atomic E-state index is 11.9. The van der Waals surface area contributed by atoms with E-state index in [1.165, 1.54) is 24.3 Å². The fraction of sp³-hybridized carbons (Fsp3) is 0.100. The summed E-state index contributed by atoms with van der Waals surface area (Å²) in [5, 5.41) is 15.2. The molecular formula is C20H15ClN2O6. The number of amides is 1. The van der Waals surface area contributed by atoms with Crippen LogP contribution in [0.3, 0.4) is 0 Å². The predicted molar refractivity (Wildman–Crippen MR) is 107 cm³/mol. The fourth-order valence-electron chi connectivity index (χ4n) is 2.55. The van der Waals surface area contributed by atoms with Gasteiger partial charge in [-0.2, -0.15) is 0 Å². The van der Waals surface area contributed by atoms with Crippen molar-refractivity contribution in [2.24, 2.45) is 0 Å². The summed E-state index contributed by atoms with van der Waals surface area (Å²) < 4.78 is 10.4. The van der Waals surface area contributed by atoms with Crippen molar-refractivity contribution < 1.29 is 24.0 Å². The minimum absolute atomic E-state index is 0.0960. The molecule has 0 atom stereocenters. The van der Waals surface area contributed by atoms with Gasteiger partial charge < -0.3 is 14.8 Å². The van der Waals surface area contributed by atoms with Gasteiger partial charge >= 0.3 is 5.97 Å². The van der Waals surface area contributed by atoms with Crippen LogP contribution in [0, 0.1) is 10.1 Å². The van der Waals surface area contributed by atoms with E-state index in [1.54, 1.807) is 12.1 Å². The van der Waals surface area contributed by atoms with E-state index in [1.807, 2.05) is 24.3 Å². The Morgan fingerprint density at radius 1 is 0.966 bits per heavy atom. The van der Waals surface area contributed by atoms with Crippen LogP contribution in [0.2, 0.25) is 5.02 Å². The lowest BCUT2D eigenvalue weighted by Crippen LogP contribution is -2.23. The smallest absolute Gasteiger partial charge is 0.344 e. The summed E-state index contributed by atoms with van der Waals surface area (Å²) in [5.74, 6) is -0.829. The molecule has 0 saturated heterocycles. The second-order valence-electron chi connectivity index (χ2n) is 5.89. The standard InChI is InChI=1S/C20H15ClN2O6/c21-17-9-10-18(16-4-2-1-3-15(16)17)28-12-20(25)29-11-19(24)22-13-5-7-14(8-6-13)23(26)27/h1-10H,11-12H2,(H,22,24). The van der Waals surface area contributed by atoms with Crippen LogP contribution in [0.4, 0.5) is 11.4 Å². The van der Waals surface area contributed by atoms with Crippen LogP contribution in [-0.4, -0.2) is 30.0 Å². The molecule has 3 rings (SSSR count). The lowest BCUT2D eigenvalue weighted by molar-refractivity contribution is -0.384. The number of ether oxygens (including phenoxy) is 2. The number of rotatable bonds is 7. The Morgan fingerprint density at radius 3 is 2.34 bits per heavy atom. The molecule has 0 heterocycles. The van der Waals surface area contributed by atoms with Crippen molar-refractivity contribution in [1.82, 2.24) is 0 Å². The number of nitro groups is 1. The quantitative estimate of drug-likeness (QED) is 0.356. The Kier molecular flexibility index (Phi) is 6.25. The third-order valence-electron chi connectivity index (χ3n) is 3.90. The summed E-state index contributed by atoms with van der Waals surface area (Å²) in [6.07, 6.45) is 0. The second kappa shape index (κ2) is 9.03. The van der Waals surface area contributed by atoms with Crippen molar-refractivity contribution >= 4 is 45.6 Å². The zero-order valence-corrected chi connectivity index (χ0v) is 15.7. The van der Waals surface area contributed by atoms with Gasteiger partial charge in [0.1, 0.15) is 5.75 Å². The summed E-state index contributed by atoms with van der Waals surface area (Å²) >= 11 is 6.14. The van der Waals surface area contributed by atoms with Crippen molar-refractivity contribution in [3.05, 3.63) is 75.8 Å². The van der Waals surface area contributed by atoms with Gasteiger partial charge in [0.15, 0.2) is 13.2 Å². The highest BCUT2D eigenvalue weighted by molar-refractivity contribution is 6.35. The molecule has 0 unspecified atom stereocenters. The third kappa shape index (κ3) is 5.20. The molecule has 0 aromatic heterocycles. The van der Waals surface area contributed by atoms with Crippen LogP contribution in [0.5, 0.6) is 5.75 Å². The van der Waals surface area contributed by atoms with Gasteiger partial charge in [-0.15, -0.1) is 0 Å². The Labute approximate surface area is 170 Å². The maximum Gasteiger partial charge on any atom is 0.344 e. The first-order valence-corrected chi connectivity index (χ1v) is 8.82. The van der Waals surface area contributed by atoms with E-state index in [0.717, 1.165) is 10.8 Å². The lowest BCUT2D eigenvalue weighted by atomic mass is 10.1. The lowest BCUT2D eigenvalue weighted by Gasteiger charge is -2.10. The van der Waals surface area contributed by atoms with E-state index in [2.05, 4.69) is 5.32 Å². The van der Waals surface area contributed by atoms with Crippen molar-refractivity contribution in [2.45, 2.75) is 0 Å². The normalized spacial score (nSPS) is 10.4. The highest BCUT2D eigenvalue weighted by Gasteiger charge is 2.12. The van der Waals surface area contributed by atoms with E-state index in [-0.39, 0.29) is 12.3 Å². The molecule has 3 aromatic carbocycles. The number of nitro benzene ring substituents is 1. The van der Waals surface area contributed by atoms with Gasteiger partial charge in [-0.25, -0.2) is 4.79 Å². The molecule has 0 saturated carbocycles. The van der Waals surface area contributed by atoms with Crippen molar-refractivity contribution in [3.63, 3.8) is 0 Å². The Balaban J connectivity index is 1.49. The Bertz CT molecular complexity index is 1070. The number of nitrogens with one attached hydrogen (secondary N) is 1. The van der Waals surface area contributed by atoms with Gasteiger partial charge in [0.05, 0.1) is 4.92 Å². The highest BCUT2D eigenvalue weighted by Crippen LogP contribution is 2.31. The number of fused-ring (bicyclic) bond motifs is 1. The number of benzene rings is 3. The first-order valence-electron chi connectivity index (χ1n) is 8.44. The molecule has 0 bridgehead atoms. The summed E-state index contributed by atoms with van der Waals surface area (Å²) in [7, 11) is 0. The van der Waals surface area contributed by atoms with E-state index >= 15 is 0 Å². The molecular weight excluding hydrogens is 400 g/mol. The zero-order chi connectivity index (χ0) is 20.8. The Hall–Kier alpha value is -3.65. The number of non-ortho nitro benzene ring substituents is 1. The van der Waals surface area contributed by atoms with Gasteiger partial charge in [-0.05, 0) is 24.3 Å². The zero-order valence-electron chi connectivity index (χ0n) is 15.0. The van der Waals surface area contributed by atoms with Crippen molar-refractivity contribution in [2.75, 3.05) is 18.5 Å². The minimum Gasteiger partial charge on any atom is -0.481 e. The first-order chi connectivity index (χ1) is 13.9. The topological polar surface area (TPSA) is 108 Å². The molecule has 29 heavy (non-hydrogen) atoms. The molecule has 0 radical (unpaired) electrons. The van der Waals surface area contributed by atoms with Crippen LogP contribution in [0.1, 0.15) is 0 Å². The fourth-order valence-corrected chi connectivity index (χ4v) is 2.78. The average Bonchev–Trinajstić information content (AvgIpc) is 2.72. The van der Waals surface area contributed by atoms with Crippen molar-refractivity contribution in [1.29, 1.82) is 0 Å². The number of hydrogen-bond donors (Lipinski definition) is 1. The van der Waals surface area contributed by atoms with Gasteiger partial charge in [0.2, 0.25) is 0 Å². The largest absolute Gasteiger partial charge is 0.481 e. The van der Waals surface area contributed by atoms with Gasteiger partial charge in [0, 0.05) is 33.6 Å². The van der Waals surface area contributed by atoms with E-state index in [0.29, 0.717) is 16.5 Å². The van der Waals surface area contributed by atoms with Crippen LogP contribution < -0.4 is 10.1 Å². The molecule has 148 valence electrons. The maximum atomic E-state index is 11.9. The van der Waals surface area contributed by atoms with Crippen molar-refractivity contribution in [3.8, 4) is 5.75 Å². The summed E-state index contributed by atoms with van der Waals surface area (Å²) in [5.41, 5.74) is 0.252. The van der Waals surface area contributed by atoms with E-state index in [4.69, 9.17) is 21.1 Å². The molecule has 1 N–H and O–H groups in total. The highest BCUT2D eigenvalue weighted by atomic mass is 35.5. The van der Waals surface area contributed by atoms with Crippen LogP contribution >= 0.6 is 11.6 Å². The average molecular weight is 415 g/mol. The van der Waals surface area contributed by atoms with E-state index in [9.17, 15) is 19.7 Å². The van der Waals surface area contributed by atoms with Crippen LogP contribution in [-0.2, 0) is 14.3 Å². The molecule has 0 fully saturated rings. The third-order valence-corrected chi connectivity index (χ3v) is 4.23. The Morgan fingerprint density at radius 2 is 1.66 bits per heavy atom. The molecule has 1 amide bonds. The number of anilines is 1. The summed E-state index contributed by atoms with van der Waals surface area (Å²) in [6, 6.07) is 15.9. The number of carbonyl (C=O) groups is 2. The predicted octanol–water partition coefficient (Wildman–Crippen LogP) is 3.96. The monoisotopic (exact) mass is 414 g/mol. The minimum atomic E-state index is -0.720. The molecule has 0 aliphatic heterocycles. The molecule has 0 aliphatic rings. The molecule has 3 aromatic rings. The van der Waals surface area contributed by atoms with Crippen LogP contribution in [0.25, 0.3) is 10.8 Å². The number of halogens is 1. The SMILES string of the molecule is O=C(COC(=O)COc1ccc(Cl)c2ccccc12)Nc1ccc([N+](=O)[O-])cc1. The summed E-state index contributed by atoms with van der Waals surface area (Å²) in [6.45, 7) is -0.892. The van der Waals surface area contributed by atoms with Gasteiger partial charge in [0.25, 0.3) is 11.6 Å². The number of nitrogens with zero attached hydrogens (tertiary/aromatic N) is 1. The summed E-state index contributed by atoms with van der Waals surface area (Å²) in [4.78, 5) is 33.8.